The number of hydrogen-bond acceptors (Lipinski definition) is 4. The monoisotopic (exact) mass is 343 g/mol. The summed E-state index contributed by atoms with van der Waals surface area (Å²) >= 11 is 6.02. The maximum atomic E-state index is 12.4. The van der Waals surface area contributed by atoms with Crippen LogP contribution in [0.1, 0.15) is 22.2 Å². The van der Waals surface area contributed by atoms with E-state index >= 15 is 0 Å². The normalized spacial score (nSPS) is 12.1. The zero-order valence-corrected chi connectivity index (χ0v) is 13.2. The molecule has 1 atom stereocenters. The van der Waals surface area contributed by atoms with Gasteiger partial charge in [-0.15, -0.1) is 0 Å². The maximum Gasteiger partial charge on any atom is 0.272 e. The molecular weight excluding hydrogens is 330 g/mol. The Balaban J connectivity index is 1.80. The van der Waals surface area contributed by atoms with E-state index in [1.54, 1.807) is 48.5 Å². The van der Waals surface area contributed by atoms with Gasteiger partial charge in [-0.25, -0.2) is 5.10 Å². The number of carbonyl (C=O) groups is 1. The molecule has 1 unspecified atom stereocenters. The van der Waals surface area contributed by atoms with Gasteiger partial charge in [0.15, 0.2) is 5.69 Å². The van der Waals surface area contributed by atoms with Crippen LogP contribution in [0, 0.1) is 0 Å². The lowest BCUT2D eigenvalue weighted by atomic mass is 10.1. The molecule has 0 saturated heterocycles. The first-order valence-electron chi connectivity index (χ1n) is 7.26. The first kappa shape index (κ1) is 16.2. The predicted octanol–water partition coefficient (Wildman–Crippen LogP) is 2.04. The number of H-pyrrole nitrogens is 1. The second-order valence-electron chi connectivity index (χ2n) is 5.19. The number of rotatable bonds is 4. The van der Waals surface area contributed by atoms with Gasteiger partial charge in [-0.3, -0.25) is 9.59 Å². The Bertz CT molecular complexity index is 955. The molecule has 7 heteroatoms. The third-order valence-corrected chi connectivity index (χ3v) is 3.98. The molecule has 0 spiro atoms. The minimum absolute atomic E-state index is 0.0301. The number of nitrogens with zero attached hydrogens (tertiary/aromatic N) is 1. The van der Waals surface area contributed by atoms with E-state index in [2.05, 4.69) is 15.5 Å². The van der Waals surface area contributed by atoms with Gasteiger partial charge in [0.2, 0.25) is 0 Å². The zero-order chi connectivity index (χ0) is 17.1. The Hall–Kier alpha value is -2.70. The molecule has 3 aromatic rings. The van der Waals surface area contributed by atoms with E-state index < -0.39 is 12.0 Å². The van der Waals surface area contributed by atoms with Gasteiger partial charge in [-0.05, 0) is 12.1 Å². The number of carbonyl (C=O) groups excluding carboxylic acids is 1. The van der Waals surface area contributed by atoms with Crippen molar-refractivity contribution in [1.82, 2.24) is 15.5 Å². The fourth-order valence-electron chi connectivity index (χ4n) is 2.42. The number of aliphatic hydroxyl groups is 1. The Morgan fingerprint density at radius 1 is 1.17 bits per heavy atom. The van der Waals surface area contributed by atoms with Crippen molar-refractivity contribution < 1.29 is 9.90 Å². The summed E-state index contributed by atoms with van der Waals surface area (Å²) in [5.41, 5.74) is 0.258. The predicted molar refractivity (Wildman–Crippen MR) is 91.1 cm³/mol. The van der Waals surface area contributed by atoms with Crippen LogP contribution in [0.5, 0.6) is 0 Å². The highest BCUT2D eigenvalue weighted by Crippen LogP contribution is 2.22. The summed E-state index contributed by atoms with van der Waals surface area (Å²) < 4.78 is 0. The molecule has 1 aromatic heterocycles. The minimum Gasteiger partial charge on any atom is -0.387 e. The zero-order valence-electron chi connectivity index (χ0n) is 12.5. The Labute approximate surface area is 142 Å². The average molecular weight is 344 g/mol. The van der Waals surface area contributed by atoms with Gasteiger partial charge >= 0.3 is 0 Å². The van der Waals surface area contributed by atoms with Gasteiger partial charge in [0.1, 0.15) is 0 Å². The molecule has 0 saturated carbocycles. The molecule has 2 aromatic carbocycles. The number of hydrogen-bond donors (Lipinski definition) is 3. The van der Waals surface area contributed by atoms with Crippen LogP contribution in [0.25, 0.3) is 10.8 Å². The van der Waals surface area contributed by atoms with E-state index in [-0.39, 0.29) is 17.8 Å². The number of aliphatic hydroxyl groups excluding tert-OH is 1. The second kappa shape index (κ2) is 6.82. The van der Waals surface area contributed by atoms with Gasteiger partial charge in [-0.1, -0.05) is 48.0 Å². The van der Waals surface area contributed by atoms with E-state index in [9.17, 15) is 14.7 Å². The van der Waals surface area contributed by atoms with Crippen LogP contribution in [0.15, 0.2) is 53.3 Å². The van der Waals surface area contributed by atoms with Crippen molar-refractivity contribution in [3.8, 4) is 0 Å². The van der Waals surface area contributed by atoms with Crippen LogP contribution >= 0.6 is 11.6 Å². The van der Waals surface area contributed by atoms with Crippen LogP contribution < -0.4 is 10.9 Å². The topological polar surface area (TPSA) is 95.1 Å². The third-order valence-electron chi connectivity index (χ3n) is 3.63. The lowest BCUT2D eigenvalue weighted by Gasteiger charge is -2.13. The number of benzene rings is 2. The summed E-state index contributed by atoms with van der Waals surface area (Å²) in [4.78, 5) is 24.1. The van der Waals surface area contributed by atoms with Gasteiger partial charge < -0.3 is 10.4 Å². The number of amides is 1. The number of fused-ring (bicyclic) bond motifs is 1. The highest BCUT2D eigenvalue weighted by molar-refractivity contribution is 6.31. The highest BCUT2D eigenvalue weighted by atomic mass is 35.5. The standard InChI is InChI=1S/C17H14ClN3O3/c18-13-8-4-3-7-12(13)14(22)9-19-17(24)15-10-5-1-2-6-11(10)16(23)21-20-15/h1-8,14,22H,9H2,(H,19,24)(H,21,23). The molecule has 122 valence electrons. The summed E-state index contributed by atoms with van der Waals surface area (Å²) in [5, 5.41) is 20.2. The summed E-state index contributed by atoms with van der Waals surface area (Å²) in [6, 6.07) is 13.6. The molecule has 1 amide bonds. The quantitative estimate of drug-likeness (QED) is 0.675. The molecule has 0 fully saturated rings. The van der Waals surface area contributed by atoms with Crippen LogP contribution in [0.2, 0.25) is 5.02 Å². The van der Waals surface area contributed by atoms with E-state index in [0.717, 1.165) is 0 Å². The van der Waals surface area contributed by atoms with Crippen molar-refractivity contribution >= 4 is 28.3 Å². The van der Waals surface area contributed by atoms with Gasteiger partial charge in [0.05, 0.1) is 11.5 Å². The molecule has 0 aliphatic rings. The molecule has 24 heavy (non-hydrogen) atoms. The van der Waals surface area contributed by atoms with Gasteiger partial charge in [0.25, 0.3) is 11.5 Å². The summed E-state index contributed by atoms with van der Waals surface area (Å²) in [6.07, 6.45) is -0.948. The molecule has 6 nitrogen and oxygen atoms in total. The Morgan fingerprint density at radius 2 is 1.83 bits per heavy atom. The van der Waals surface area contributed by atoms with E-state index in [1.807, 2.05) is 0 Å². The SMILES string of the molecule is O=C(NCC(O)c1ccccc1Cl)c1n[nH]c(=O)c2ccccc12. The Morgan fingerprint density at radius 3 is 2.58 bits per heavy atom. The molecule has 1 heterocycles. The maximum absolute atomic E-state index is 12.4. The Kier molecular flexibility index (Phi) is 4.59. The van der Waals surface area contributed by atoms with Gasteiger partial charge in [-0.2, -0.15) is 5.10 Å². The average Bonchev–Trinajstić information content (AvgIpc) is 2.60. The molecule has 0 aliphatic heterocycles. The van der Waals surface area contributed by atoms with E-state index in [0.29, 0.717) is 21.4 Å². The van der Waals surface area contributed by atoms with Crippen molar-refractivity contribution in [1.29, 1.82) is 0 Å². The lowest BCUT2D eigenvalue weighted by Crippen LogP contribution is -2.30. The molecular formula is C17H14ClN3O3. The fourth-order valence-corrected chi connectivity index (χ4v) is 2.68. The van der Waals surface area contributed by atoms with Crippen molar-refractivity contribution in [3.05, 3.63) is 75.2 Å². The summed E-state index contributed by atoms with van der Waals surface area (Å²) in [5.74, 6) is -0.492. The number of aromatic nitrogens is 2. The minimum atomic E-state index is -0.948. The van der Waals surface area contributed by atoms with Crippen molar-refractivity contribution in [2.24, 2.45) is 0 Å². The largest absolute Gasteiger partial charge is 0.387 e. The molecule has 0 radical (unpaired) electrons. The van der Waals surface area contributed by atoms with Crippen molar-refractivity contribution in [2.75, 3.05) is 6.54 Å². The number of aromatic amines is 1. The number of halogens is 1. The fraction of sp³-hybridized carbons (Fsp3) is 0.118. The highest BCUT2D eigenvalue weighted by Gasteiger charge is 2.16. The van der Waals surface area contributed by atoms with Crippen molar-refractivity contribution in [2.45, 2.75) is 6.10 Å². The molecule has 0 aliphatic carbocycles. The molecule has 0 bridgehead atoms. The summed E-state index contributed by atoms with van der Waals surface area (Å²) in [7, 11) is 0. The van der Waals surface area contributed by atoms with E-state index in [1.165, 1.54) is 0 Å². The van der Waals surface area contributed by atoms with E-state index in [4.69, 9.17) is 11.6 Å². The van der Waals surface area contributed by atoms with Crippen LogP contribution in [-0.4, -0.2) is 27.8 Å². The first-order valence-corrected chi connectivity index (χ1v) is 7.64. The molecule has 3 N–H and O–H groups in total. The third kappa shape index (κ3) is 3.15. The van der Waals surface area contributed by atoms with Crippen molar-refractivity contribution in [3.63, 3.8) is 0 Å². The van der Waals surface area contributed by atoms with Gasteiger partial charge in [0, 0.05) is 22.5 Å². The smallest absolute Gasteiger partial charge is 0.272 e. The lowest BCUT2D eigenvalue weighted by molar-refractivity contribution is 0.0912. The van der Waals surface area contributed by atoms with Crippen LogP contribution in [0.4, 0.5) is 0 Å². The second-order valence-corrected chi connectivity index (χ2v) is 5.60. The first-order chi connectivity index (χ1) is 11.6. The molecule has 3 rings (SSSR count). The summed E-state index contributed by atoms with van der Waals surface area (Å²) in [6.45, 7) is -0.0301. The van der Waals surface area contributed by atoms with Crippen LogP contribution in [0.3, 0.4) is 0 Å². The number of nitrogens with one attached hydrogen (secondary N) is 2. The van der Waals surface area contributed by atoms with Crippen LogP contribution in [-0.2, 0) is 0 Å².